The number of hydrogen-bond acceptors (Lipinski definition) is 1. The number of aliphatic hydroxyl groups excluding tert-OH is 1. The third-order valence-corrected chi connectivity index (χ3v) is 2.64. The van der Waals surface area contributed by atoms with Gasteiger partial charge in [0.1, 0.15) is 0 Å². The third-order valence-electron chi connectivity index (χ3n) is 2.64. The van der Waals surface area contributed by atoms with Crippen LogP contribution in [-0.4, -0.2) is 5.11 Å². The molecular weight excluding hydrogens is 273 g/mol. The summed E-state index contributed by atoms with van der Waals surface area (Å²) in [6, 6.07) is 8.23. The van der Waals surface area contributed by atoms with Crippen LogP contribution in [0.5, 0.6) is 0 Å². The van der Waals surface area contributed by atoms with Crippen LogP contribution in [0.25, 0.3) is 0 Å². The zero-order chi connectivity index (χ0) is 11.5. The van der Waals surface area contributed by atoms with Gasteiger partial charge in [0.15, 0.2) is 0 Å². The number of aliphatic hydroxyl groups is 1. The van der Waals surface area contributed by atoms with E-state index in [1.807, 2.05) is 12.1 Å². The van der Waals surface area contributed by atoms with Crippen LogP contribution in [0.3, 0.4) is 0 Å². The Kier molecular flexibility index (Phi) is 7.01. The summed E-state index contributed by atoms with van der Waals surface area (Å²) >= 11 is 0. The molecule has 1 radical (unpaired) electrons. The molecule has 16 heavy (non-hydrogen) atoms. The molecule has 1 atom stereocenters. The van der Waals surface area contributed by atoms with Crippen molar-refractivity contribution in [1.29, 1.82) is 0 Å². The Balaban J connectivity index is 0.00000225. The molecule has 0 bridgehead atoms. The van der Waals surface area contributed by atoms with Crippen molar-refractivity contribution in [2.75, 3.05) is 0 Å². The van der Waals surface area contributed by atoms with E-state index in [2.05, 4.69) is 39.8 Å². The van der Waals surface area contributed by atoms with Crippen molar-refractivity contribution in [3.8, 4) is 0 Å². The van der Waals surface area contributed by atoms with Crippen molar-refractivity contribution >= 4 is 0 Å². The van der Waals surface area contributed by atoms with Gasteiger partial charge in [0.25, 0.3) is 0 Å². The van der Waals surface area contributed by atoms with Gasteiger partial charge in [-0.3, -0.25) is 0 Å². The summed E-state index contributed by atoms with van der Waals surface area (Å²) in [7, 11) is 0. The monoisotopic (exact) mass is 294 g/mol. The van der Waals surface area contributed by atoms with Gasteiger partial charge >= 0.3 is 0 Å². The molecule has 0 amide bonds. The first-order valence-electron chi connectivity index (χ1n) is 5.53. The van der Waals surface area contributed by atoms with Crippen LogP contribution < -0.4 is 0 Å². The molecule has 0 spiro atoms. The molecular formula is C14H21OY-. The van der Waals surface area contributed by atoms with Gasteiger partial charge in [-0.05, 0) is 16.5 Å². The Morgan fingerprint density at radius 2 is 1.69 bits per heavy atom. The summed E-state index contributed by atoms with van der Waals surface area (Å²) in [4.78, 5) is 0. The van der Waals surface area contributed by atoms with Gasteiger partial charge in [-0.1, -0.05) is 51.5 Å². The third kappa shape index (κ3) is 4.65. The average Bonchev–Trinajstić information content (AvgIpc) is 2.17. The van der Waals surface area contributed by atoms with E-state index in [4.69, 9.17) is 0 Å². The molecule has 0 aliphatic heterocycles. The second-order valence-electron chi connectivity index (χ2n) is 5.03. The van der Waals surface area contributed by atoms with Crippen molar-refractivity contribution in [3.63, 3.8) is 0 Å². The Morgan fingerprint density at radius 3 is 2.06 bits per heavy atom. The standard InChI is InChI=1S/C14H21O.Y/c1-5-6-13(15)11-7-9-12(10-8-11)14(2,3)4;/h7-10,13,15H,1,5-6H2,2-4H3;/q-1;. The molecule has 1 unspecified atom stereocenters. The molecule has 1 rings (SSSR count). The molecule has 0 saturated carbocycles. The summed E-state index contributed by atoms with van der Waals surface area (Å²) in [5.74, 6) is 0. The zero-order valence-corrected chi connectivity index (χ0v) is 13.4. The fourth-order valence-corrected chi connectivity index (χ4v) is 1.57. The SMILES string of the molecule is [CH2-]CCC(O)c1ccc(C(C)(C)C)cc1.[Y]. The Morgan fingerprint density at radius 1 is 1.19 bits per heavy atom. The predicted octanol–water partition coefficient (Wildman–Crippen LogP) is 3.63. The van der Waals surface area contributed by atoms with Gasteiger partial charge in [-0.15, -0.1) is 0 Å². The fraction of sp³-hybridized carbons (Fsp3) is 0.500. The van der Waals surface area contributed by atoms with Crippen LogP contribution in [0.15, 0.2) is 24.3 Å². The first-order valence-corrected chi connectivity index (χ1v) is 5.53. The van der Waals surface area contributed by atoms with Crippen molar-refractivity contribution in [2.24, 2.45) is 0 Å². The van der Waals surface area contributed by atoms with Crippen LogP contribution in [0.2, 0.25) is 0 Å². The normalized spacial score (nSPS) is 13.1. The van der Waals surface area contributed by atoms with E-state index in [0.717, 1.165) is 18.4 Å². The minimum Gasteiger partial charge on any atom is -0.389 e. The van der Waals surface area contributed by atoms with E-state index in [-0.39, 0.29) is 44.2 Å². The molecule has 87 valence electrons. The van der Waals surface area contributed by atoms with Crippen LogP contribution >= 0.6 is 0 Å². The minimum absolute atomic E-state index is 0. The van der Waals surface area contributed by atoms with Gasteiger partial charge in [0.05, 0.1) is 6.10 Å². The van der Waals surface area contributed by atoms with Crippen molar-refractivity contribution in [1.82, 2.24) is 0 Å². The maximum Gasteiger partial charge on any atom is 0.0765 e. The summed E-state index contributed by atoms with van der Waals surface area (Å²) < 4.78 is 0. The molecule has 1 N–H and O–H groups in total. The molecule has 0 fully saturated rings. The van der Waals surface area contributed by atoms with Crippen LogP contribution in [0.1, 0.15) is 50.8 Å². The van der Waals surface area contributed by atoms with Crippen LogP contribution in [0.4, 0.5) is 0 Å². The van der Waals surface area contributed by atoms with Gasteiger partial charge < -0.3 is 12.0 Å². The average molecular weight is 294 g/mol. The van der Waals surface area contributed by atoms with Crippen molar-refractivity contribution < 1.29 is 37.8 Å². The van der Waals surface area contributed by atoms with Gasteiger partial charge in [-0.2, -0.15) is 6.42 Å². The molecule has 0 aliphatic rings. The van der Waals surface area contributed by atoms with E-state index < -0.39 is 0 Å². The zero-order valence-electron chi connectivity index (χ0n) is 10.5. The molecule has 0 aromatic heterocycles. The van der Waals surface area contributed by atoms with Crippen LogP contribution in [0, 0.1) is 6.92 Å². The van der Waals surface area contributed by atoms with E-state index in [1.165, 1.54) is 5.56 Å². The first kappa shape index (κ1) is 16.3. The van der Waals surface area contributed by atoms with E-state index in [0.29, 0.717) is 0 Å². The Labute approximate surface area is 125 Å². The van der Waals surface area contributed by atoms with E-state index in [1.54, 1.807) is 0 Å². The topological polar surface area (TPSA) is 20.2 Å². The Bertz CT molecular complexity index is 298. The van der Waals surface area contributed by atoms with Gasteiger partial charge in [0.2, 0.25) is 0 Å². The van der Waals surface area contributed by atoms with Crippen molar-refractivity contribution in [3.05, 3.63) is 42.3 Å². The summed E-state index contributed by atoms with van der Waals surface area (Å²) in [6.07, 6.45) is 1.13. The molecule has 0 aliphatic carbocycles. The summed E-state index contributed by atoms with van der Waals surface area (Å²) in [5, 5.41) is 9.77. The van der Waals surface area contributed by atoms with Gasteiger partial charge in [-0.25, -0.2) is 0 Å². The second-order valence-corrected chi connectivity index (χ2v) is 5.03. The predicted molar refractivity (Wildman–Crippen MR) is 64.7 cm³/mol. The smallest absolute Gasteiger partial charge is 0.0765 e. The van der Waals surface area contributed by atoms with E-state index >= 15 is 0 Å². The van der Waals surface area contributed by atoms with Gasteiger partial charge in [0, 0.05) is 32.7 Å². The fourth-order valence-electron chi connectivity index (χ4n) is 1.57. The number of benzene rings is 1. The maximum absolute atomic E-state index is 9.77. The minimum atomic E-state index is -0.364. The summed E-state index contributed by atoms with van der Waals surface area (Å²) in [6.45, 7) is 10.3. The number of rotatable bonds is 3. The molecule has 1 aromatic rings. The largest absolute Gasteiger partial charge is 0.389 e. The molecule has 0 heterocycles. The molecule has 2 heteroatoms. The maximum atomic E-state index is 9.77. The van der Waals surface area contributed by atoms with Crippen molar-refractivity contribution in [2.45, 2.75) is 45.1 Å². The summed E-state index contributed by atoms with van der Waals surface area (Å²) in [5.41, 5.74) is 2.47. The number of hydrogen-bond donors (Lipinski definition) is 1. The molecule has 0 saturated heterocycles. The van der Waals surface area contributed by atoms with Crippen LogP contribution in [-0.2, 0) is 38.1 Å². The Hall–Kier alpha value is 0.284. The first-order chi connectivity index (χ1) is 6.95. The molecule has 1 nitrogen and oxygen atoms in total. The second kappa shape index (κ2) is 6.88. The quantitative estimate of drug-likeness (QED) is 0.844. The molecule has 1 aromatic carbocycles. The van der Waals surface area contributed by atoms with E-state index in [9.17, 15) is 5.11 Å².